The molecule has 0 saturated carbocycles. The van der Waals surface area contributed by atoms with Crippen LogP contribution in [0.25, 0.3) is 0 Å². The van der Waals surface area contributed by atoms with Crippen LogP contribution in [0.3, 0.4) is 0 Å². The van der Waals surface area contributed by atoms with Crippen LogP contribution < -0.4 is 10.1 Å². The Bertz CT molecular complexity index is 715. The van der Waals surface area contributed by atoms with E-state index in [0.29, 0.717) is 6.61 Å². The number of ether oxygens (including phenoxy) is 3. The Morgan fingerprint density at radius 2 is 1.96 bits per heavy atom. The molecule has 1 unspecified atom stereocenters. The first kappa shape index (κ1) is 19.0. The number of aryl methyl sites for hydroxylation is 2. The lowest BCUT2D eigenvalue weighted by atomic mass is 10.1. The van der Waals surface area contributed by atoms with Crippen LogP contribution in [0, 0.1) is 13.8 Å². The molecular weight excluding hydrogens is 318 g/mol. The molecule has 0 aliphatic carbocycles. The van der Waals surface area contributed by atoms with E-state index in [9.17, 15) is 4.79 Å². The molecule has 0 fully saturated rings. The van der Waals surface area contributed by atoms with Crippen molar-refractivity contribution >= 4 is 5.91 Å². The van der Waals surface area contributed by atoms with Crippen LogP contribution in [0.4, 0.5) is 0 Å². The summed E-state index contributed by atoms with van der Waals surface area (Å²) in [5, 5.41) is 2.61. The Morgan fingerprint density at radius 1 is 1.16 bits per heavy atom. The molecule has 1 atom stereocenters. The molecule has 2 rings (SSSR count). The minimum absolute atomic E-state index is 0.0430. The largest absolute Gasteiger partial charge is 0.489 e. The molecule has 2 aromatic rings. The summed E-state index contributed by atoms with van der Waals surface area (Å²) in [6, 6.07) is 13.8. The Labute approximate surface area is 148 Å². The van der Waals surface area contributed by atoms with E-state index in [4.69, 9.17) is 14.2 Å². The predicted molar refractivity (Wildman–Crippen MR) is 96.5 cm³/mol. The highest BCUT2D eigenvalue weighted by atomic mass is 16.7. The first-order valence-corrected chi connectivity index (χ1v) is 8.16. The van der Waals surface area contributed by atoms with E-state index in [1.165, 1.54) is 7.11 Å². The molecule has 0 spiro atoms. The van der Waals surface area contributed by atoms with Gasteiger partial charge in [0, 0.05) is 14.2 Å². The molecule has 0 saturated heterocycles. The summed E-state index contributed by atoms with van der Waals surface area (Å²) in [7, 11) is 3.11. The van der Waals surface area contributed by atoms with E-state index in [-0.39, 0.29) is 12.7 Å². The Hall–Kier alpha value is -2.37. The van der Waals surface area contributed by atoms with Gasteiger partial charge in [-0.3, -0.25) is 4.79 Å². The predicted octanol–water partition coefficient (Wildman–Crippen LogP) is 3.29. The SMILES string of the molecule is CNC(=O)C(OCOC)c1cccc(COc2cc(C)ccc2C)c1. The maximum Gasteiger partial charge on any atom is 0.253 e. The second-order valence-corrected chi connectivity index (χ2v) is 5.87. The van der Waals surface area contributed by atoms with E-state index in [0.717, 1.165) is 28.0 Å². The summed E-state index contributed by atoms with van der Waals surface area (Å²) in [5.74, 6) is 0.647. The van der Waals surface area contributed by atoms with Crippen LogP contribution in [-0.2, 0) is 20.9 Å². The maximum atomic E-state index is 12.1. The van der Waals surface area contributed by atoms with Gasteiger partial charge in [0.1, 0.15) is 19.1 Å². The van der Waals surface area contributed by atoms with Crippen molar-refractivity contribution in [3.05, 3.63) is 64.7 Å². The second-order valence-electron chi connectivity index (χ2n) is 5.87. The van der Waals surface area contributed by atoms with Crippen molar-refractivity contribution in [3.8, 4) is 5.75 Å². The number of carbonyl (C=O) groups excluding carboxylic acids is 1. The van der Waals surface area contributed by atoms with Gasteiger partial charge in [0.25, 0.3) is 5.91 Å². The third kappa shape index (κ3) is 5.31. The number of carbonyl (C=O) groups is 1. The lowest BCUT2D eigenvalue weighted by Crippen LogP contribution is -2.28. The summed E-state index contributed by atoms with van der Waals surface area (Å²) >= 11 is 0. The third-order valence-corrected chi connectivity index (χ3v) is 3.83. The van der Waals surface area contributed by atoms with E-state index in [2.05, 4.69) is 11.4 Å². The molecule has 0 bridgehead atoms. The highest BCUT2D eigenvalue weighted by Gasteiger charge is 2.20. The lowest BCUT2D eigenvalue weighted by Gasteiger charge is -2.17. The standard InChI is InChI=1S/C20H25NO4/c1-14-8-9-15(2)18(10-14)24-12-16-6-5-7-17(11-16)19(20(22)21-3)25-13-23-4/h5-11,19H,12-13H2,1-4H3,(H,21,22). The highest BCUT2D eigenvalue weighted by Crippen LogP contribution is 2.23. The Kier molecular flexibility index (Phi) is 6.98. The van der Waals surface area contributed by atoms with Crippen LogP contribution >= 0.6 is 0 Å². The van der Waals surface area contributed by atoms with Crippen molar-refractivity contribution in [2.24, 2.45) is 0 Å². The Balaban J connectivity index is 2.13. The fraction of sp³-hybridized carbons (Fsp3) is 0.350. The number of nitrogens with one attached hydrogen (secondary N) is 1. The smallest absolute Gasteiger partial charge is 0.253 e. The first-order chi connectivity index (χ1) is 12.0. The summed E-state index contributed by atoms with van der Waals surface area (Å²) in [6.45, 7) is 4.52. The zero-order chi connectivity index (χ0) is 18.2. The van der Waals surface area contributed by atoms with E-state index < -0.39 is 6.10 Å². The zero-order valence-electron chi connectivity index (χ0n) is 15.2. The number of likely N-dealkylation sites (N-methyl/N-ethyl adjacent to an activating group) is 1. The number of hydrogen-bond acceptors (Lipinski definition) is 4. The summed E-state index contributed by atoms with van der Waals surface area (Å²) in [6.07, 6.45) is -0.717. The number of rotatable bonds is 8. The first-order valence-electron chi connectivity index (χ1n) is 8.16. The molecule has 0 radical (unpaired) electrons. The van der Waals surface area contributed by atoms with Gasteiger partial charge in [-0.1, -0.05) is 30.3 Å². The number of benzene rings is 2. The average molecular weight is 343 g/mol. The molecule has 134 valence electrons. The molecular formula is C20H25NO4. The lowest BCUT2D eigenvalue weighted by molar-refractivity contribution is -0.142. The molecule has 2 aromatic carbocycles. The fourth-order valence-electron chi connectivity index (χ4n) is 2.46. The van der Waals surface area contributed by atoms with Gasteiger partial charge in [0.2, 0.25) is 0 Å². The average Bonchev–Trinajstić information content (AvgIpc) is 2.63. The summed E-state index contributed by atoms with van der Waals surface area (Å²) in [4.78, 5) is 12.1. The molecule has 5 heteroatoms. The molecule has 5 nitrogen and oxygen atoms in total. The number of hydrogen-bond donors (Lipinski definition) is 1. The molecule has 1 N–H and O–H groups in total. The fourth-order valence-corrected chi connectivity index (χ4v) is 2.46. The molecule has 1 amide bonds. The monoisotopic (exact) mass is 343 g/mol. The quantitative estimate of drug-likeness (QED) is 0.747. The van der Waals surface area contributed by atoms with Crippen LogP contribution in [-0.4, -0.2) is 26.9 Å². The van der Waals surface area contributed by atoms with Crippen LogP contribution in [0.2, 0.25) is 0 Å². The van der Waals surface area contributed by atoms with E-state index in [1.807, 2.05) is 50.2 Å². The van der Waals surface area contributed by atoms with Crippen molar-refractivity contribution in [2.45, 2.75) is 26.6 Å². The third-order valence-electron chi connectivity index (χ3n) is 3.83. The number of amides is 1. The van der Waals surface area contributed by atoms with Crippen molar-refractivity contribution in [3.63, 3.8) is 0 Å². The molecule has 25 heavy (non-hydrogen) atoms. The van der Waals surface area contributed by atoms with Crippen LogP contribution in [0.1, 0.15) is 28.4 Å². The maximum absolute atomic E-state index is 12.1. The van der Waals surface area contributed by atoms with Crippen LogP contribution in [0.15, 0.2) is 42.5 Å². The minimum Gasteiger partial charge on any atom is -0.489 e. The normalized spacial score (nSPS) is 11.8. The summed E-state index contributed by atoms with van der Waals surface area (Å²) in [5.41, 5.74) is 3.97. The van der Waals surface area contributed by atoms with E-state index >= 15 is 0 Å². The van der Waals surface area contributed by atoms with Gasteiger partial charge in [-0.15, -0.1) is 0 Å². The van der Waals surface area contributed by atoms with Gasteiger partial charge in [0.05, 0.1) is 0 Å². The second kappa shape index (κ2) is 9.20. The van der Waals surface area contributed by atoms with Gasteiger partial charge in [-0.05, 0) is 48.2 Å². The van der Waals surface area contributed by atoms with Gasteiger partial charge < -0.3 is 19.5 Å². The van der Waals surface area contributed by atoms with Crippen LogP contribution in [0.5, 0.6) is 5.75 Å². The molecule has 0 aliphatic heterocycles. The molecule has 0 aliphatic rings. The van der Waals surface area contributed by atoms with Gasteiger partial charge in [0.15, 0.2) is 6.10 Å². The molecule has 0 aromatic heterocycles. The van der Waals surface area contributed by atoms with Gasteiger partial charge >= 0.3 is 0 Å². The van der Waals surface area contributed by atoms with Crippen molar-refractivity contribution < 1.29 is 19.0 Å². The Morgan fingerprint density at radius 3 is 2.68 bits per heavy atom. The molecule has 0 heterocycles. The van der Waals surface area contributed by atoms with E-state index in [1.54, 1.807) is 7.05 Å². The van der Waals surface area contributed by atoms with Crippen molar-refractivity contribution in [2.75, 3.05) is 21.0 Å². The van der Waals surface area contributed by atoms with Gasteiger partial charge in [-0.25, -0.2) is 0 Å². The summed E-state index contributed by atoms with van der Waals surface area (Å²) < 4.78 is 16.4. The van der Waals surface area contributed by atoms with Crippen molar-refractivity contribution in [1.82, 2.24) is 5.32 Å². The van der Waals surface area contributed by atoms with Crippen molar-refractivity contribution in [1.29, 1.82) is 0 Å². The number of methoxy groups -OCH3 is 1. The highest BCUT2D eigenvalue weighted by molar-refractivity contribution is 5.81. The minimum atomic E-state index is -0.717. The zero-order valence-corrected chi connectivity index (χ0v) is 15.2. The topological polar surface area (TPSA) is 56.8 Å². The van der Waals surface area contributed by atoms with Gasteiger partial charge in [-0.2, -0.15) is 0 Å².